The zero-order valence-electron chi connectivity index (χ0n) is 14.5. The van der Waals surface area contributed by atoms with Gasteiger partial charge in [-0.2, -0.15) is 0 Å². The smallest absolute Gasteiger partial charge is 0.271 e. The van der Waals surface area contributed by atoms with E-state index in [1.165, 1.54) is 11.3 Å². The lowest BCUT2D eigenvalue weighted by atomic mass is 10.1. The summed E-state index contributed by atoms with van der Waals surface area (Å²) in [6.45, 7) is 2.44. The van der Waals surface area contributed by atoms with Crippen LogP contribution in [0.25, 0.3) is 0 Å². The van der Waals surface area contributed by atoms with Crippen LogP contribution in [0, 0.1) is 5.92 Å². The Morgan fingerprint density at radius 1 is 1.31 bits per heavy atom. The van der Waals surface area contributed by atoms with Crippen LogP contribution >= 0.6 is 23.7 Å². The fourth-order valence-electron chi connectivity index (χ4n) is 2.45. The van der Waals surface area contributed by atoms with Gasteiger partial charge in [0.25, 0.3) is 5.91 Å². The van der Waals surface area contributed by atoms with Crippen molar-refractivity contribution in [2.24, 2.45) is 11.7 Å². The van der Waals surface area contributed by atoms with Gasteiger partial charge in [-0.1, -0.05) is 12.1 Å². The quantitative estimate of drug-likeness (QED) is 0.672. The third-order valence-corrected chi connectivity index (χ3v) is 5.03. The van der Waals surface area contributed by atoms with E-state index < -0.39 is 0 Å². The minimum atomic E-state index is -0.196. The van der Waals surface area contributed by atoms with Gasteiger partial charge in [-0.3, -0.25) is 9.59 Å². The average Bonchev–Trinajstić information content (AvgIpc) is 3.35. The van der Waals surface area contributed by atoms with Gasteiger partial charge >= 0.3 is 0 Å². The van der Waals surface area contributed by atoms with Crippen molar-refractivity contribution in [1.29, 1.82) is 0 Å². The number of amides is 2. The Morgan fingerprint density at radius 3 is 2.62 bits per heavy atom. The summed E-state index contributed by atoms with van der Waals surface area (Å²) in [6, 6.07) is 7.39. The second-order valence-corrected chi connectivity index (χ2v) is 7.19. The minimum absolute atomic E-state index is 0. The van der Waals surface area contributed by atoms with Crippen LogP contribution in [-0.4, -0.2) is 23.3 Å². The lowest BCUT2D eigenvalue weighted by Gasteiger charge is -2.14. The van der Waals surface area contributed by atoms with Crippen LogP contribution < -0.4 is 16.4 Å². The van der Waals surface area contributed by atoms with Crippen molar-refractivity contribution in [2.75, 3.05) is 11.9 Å². The van der Waals surface area contributed by atoms with Crippen molar-refractivity contribution in [3.8, 4) is 0 Å². The monoisotopic (exact) mass is 394 g/mol. The summed E-state index contributed by atoms with van der Waals surface area (Å²) in [7, 11) is 0. The molecule has 2 aromatic rings. The van der Waals surface area contributed by atoms with E-state index in [0.29, 0.717) is 18.7 Å². The van der Waals surface area contributed by atoms with E-state index in [2.05, 4.69) is 15.6 Å². The highest BCUT2D eigenvalue weighted by Crippen LogP contribution is 2.30. The number of nitrogens with zero attached hydrogens (tertiary/aromatic N) is 1. The molecule has 1 aliphatic carbocycles. The standard InChI is InChI=1S/C18H22N4O2S.ClH/c1-11(20-18(24)15-10-25-16(22-15)8-9-19)12-4-6-14(7-5-12)21-17(23)13-2-3-13;/h4-7,10-11,13H,2-3,8-9,19H2,1H3,(H,20,24)(H,21,23);1H. The number of halogens is 1. The Bertz CT molecular complexity index is 759. The molecule has 1 aliphatic rings. The highest BCUT2D eigenvalue weighted by atomic mass is 35.5. The molecular weight excluding hydrogens is 372 g/mol. The molecule has 0 aliphatic heterocycles. The van der Waals surface area contributed by atoms with E-state index in [0.717, 1.165) is 29.1 Å². The SMILES string of the molecule is CC(NC(=O)c1csc(CCN)n1)c1ccc(NC(=O)C2CC2)cc1.Cl. The lowest BCUT2D eigenvalue weighted by molar-refractivity contribution is -0.117. The van der Waals surface area contributed by atoms with Gasteiger partial charge in [0.05, 0.1) is 11.0 Å². The number of anilines is 1. The molecule has 6 nitrogen and oxygen atoms in total. The topological polar surface area (TPSA) is 97.1 Å². The maximum Gasteiger partial charge on any atom is 0.271 e. The number of hydrogen-bond acceptors (Lipinski definition) is 5. The first kappa shape index (κ1) is 20.4. The van der Waals surface area contributed by atoms with Crippen LogP contribution in [0.15, 0.2) is 29.6 Å². The molecule has 0 spiro atoms. The van der Waals surface area contributed by atoms with E-state index in [4.69, 9.17) is 5.73 Å². The molecule has 0 radical (unpaired) electrons. The molecule has 8 heteroatoms. The molecule has 1 aromatic heterocycles. The summed E-state index contributed by atoms with van der Waals surface area (Å²) >= 11 is 1.45. The Labute approximate surface area is 163 Å². The molecule has 4 N–H and O–H groups in total. The maximum atomic E-state index is 12.3. The third kappa shape index (κ3) is 5.27. The van der Waals surface area contributed by atoms with Gasteiger partial charge in [-0.25, -0.2) is 4.98 Å². The van der Waals surface area contributed by atoms with Crippen molar-refractivity contribution in [1.82, 2.24) is 10.3 Å². The van der Waals surface area contributed by atoms with Gasteiger partial charge in [0.15, 0.2) is 0 Å². The van der Waals surface area contributed by atoms with Crippen LogP contribution in [0.5, 0.6) is 0 Å². The predicted octanol–water partition coefficient (Wildman–Crippen LogP) is 2.91. The van der Waals surface area contributed by atoms with Gasteiger partial charge in [-0.05, 0) is 44.0 Å². The van der Waals surface area contributed by atoms with Gasteiger partial charge in [0.1, 0.15) is 5.69 Å². The van der Waals surface area contributed by atoms with Crippen LogP contribution in [0.4, 0.5) is 5.69 Å². The molecule has 140 valence electrons. The van der Waals surface area contributed by atoms with E-state index in [-0.39, 0.29) is 36.2 Å². The molecule has 1 aromatic carbocycles. The number of hydrogen-bond donors (Lipinski definition) is 3. The van der Waals surface area contributed by atoms with Crippen molar-refractivity contribution >= 4 is 41.2 Å². The summed E-state index contributed by atoms with van der Waals surface area (Å²) < 4.78 is 0. The second-order valence-electron chi connectivity index (χ2n) is 6.25. The number of nitrogens with two attached hydrogens (primary N) is 1. The first-order chi connectivity index (χ1) is 12.1. The van der Waals surface area contributed by atoms with Gasteiger partial charge in [0.2, 0.25) is 5.91 Å². The zero-order valence-corrected chi connectivity index (χ0v) is 16.2. The normalized spacial score (nSPS) is 14.2. The molecule has 0 saturated heterocycles. The molecule has 3 rings (SSSR count). The molecule has 1 atom stereocenters. The predicted molar refractivity (Wildman–Crippen MR) is 106 cm³/mol. The van der Waals surface area contributed by atoms with E-state index in [1.807, 2.05) is 31.2 Å². The van der Waals surface area contributed by atoms with Crippen molar-refractivity contribution < 1.29 is 9.59 Å². The number of benzene rings is 1. The summed E-state index contributed by atoms with van der Waals surface area (Å²) in [5.41, 5.74) is 7.68. The Kier molecular flexibility index (Phi) is 7.14. The number of rotatable bonds is 7. The van der Waals surface area contributed by atoms with E-state index in [1.54, 1.807) is 5.38 Å². The molecule has 26 heavy (non-hydrogen) atoms. The molecule has 1 heterocycles. The Balaban J connectivity index is 0.00000243. The number of nitrogens with one attached hydrogen (secondary N) is 2. The minimum Gasteiger partial charge on any atom is -0.344 e. The van der Waals surface area contributed by atoms with Crippen molar-refractivity contribution in [2.45, 2.75) is 32.2 Å². The summed E-state index contributed by atoms with van der Waals surface area (Å²) in [5.74, 6) is 0.0733. The number of aromatic nitrogens is 1. The first-order valence-electron chi connectivity index (χ1n) is 8.43. The van der Waals surface area contributed by atoms with Crippen molar-refractivity contribution in [3.63, 3.8) is 0 Å². The summed E-state index contributed by atoms with van der Waals surface area (Å²) in [6.07, 6.45) is 2.65. The van der Waals surface area contributed by atoms with Crippen LogP contribution in [0.1, 0.15) is 46.9 Å². The lowest BCUT2D eigenvalue weighted by Crippen LogP contribution is -2.27. The fourth-order valence-corrected chi connectivity index (χ4v) is 3.25. The molecule has 1 saturated carbocycles. The van der Waals surface area contributed by atoms with Crippen LogP contribution in [0.2, 0.25) is 0 Å². The first-order valence-corrected chi connectivity index (χ1v) is 9.31. The van der Waals surface area contributed by atoms with E-state index in [9.17, 15) is 9.59 Å². The number of carbonyl (C=O) groups is 2. The Morgan fingerprint density at radius 2 is 2.00 bits per heavy atom. The molecule has 1 fully saturated rings. The number of carbonyl (C=O) groups excluding carboxylic acids is 2. The van der Waals surface area contributed by atoms with Crippen LogP contribution in [0.3, 0.4) is 0 Å². The zero-order chi connectivity index (χ0) is 17.8. The maximum absolute atomic E-state index is 12.3. The van der Waals surface area contributed by atoms with Gasteiger partial charge < -0.3 is 16.4 Å². The van der Waals surface area contributed by atoms with Gasteiger partial charge in [0, 0.05) is 23.4 Å². The third-order valence-electron chi connectivity index (χ3n) is 4.12. The Hall–Kier alpha value is -1.96. The largest absolute Gasteiger partial charge is 0.344 e. The highest BCUT2D eigenvalue weighted by Gasteiger charge is 2.29. The number of thiazole rings is 1. The molecule has 0 bridgehead atoms. The fraction of sp³-hybridized carbons (Fsp3) is 0.389. The highest BCUT2D eigenvalue weighted by molar-refractivity contribution is 7.09. The van der Waals surface area contributed by atoms with Gasteiger partial charge in [-0.15, -0.1) is 23.7 Å². The average molecular weight is 395 g/mol. The molecule has 2 amide bonds. The molecule has 1 unspecified atom stereocenters. The van der Waals surface area contributed by atoms with Crippen molar-refractivity contribution in [3.05, 3.63) is 45.9 Å². The molecular formula is C18H23ClN4O2S. The summed E-state index contributed by atoms with van der Waals surface area (Å²) in [4.78, 5) is 28.3. The second kappa shape index (κ2) is 9.12. The van der Waals surface area contributed by atoms with Crippen LogP contribution in [-0.2, 0) is 11.2 Å². The van der Waals surface area contributed by atoms with E-state index >= 15 is 0 Å². The summed E-state index contributed by atoms with van der Waals surface area (Å²) in [5, 5.41) is 8.47.